The fourth-order valence-electron chi connectivity index (χ4n) is 2.78. The molecule has 0 spiro atoms. The van der Waals surface area contributed by atoms with E-state index in [1.54, 1.807) is 18.6 Å². The number of imidazole rings is 1. The van der Waals surface area contributed by atoms with Gasteiger partial charge in [-0.3, -0.25) is 9.36 Å². The van der Waals surface area contributed by atoms with E-state index in [4.69, 9.17) is 11.6 Å². The van der Waals surface area contributed by atoms with Gasteiger partial charge in [0.1, 0.15) is 0 Å². The van der Waals surface area contributed by atoms with Crippen LogP contribution < -0.4 is 0 Å². The average Bonchev–Trinajstić information content (AvgIpc) is 3.04. The molecule has 2 aliphatic rings. The minimum Gasteiger partial charge on any atom is -0.323 e. The highest BCUT2D eigenvalue weighted by Crippen LogP contribution is 2.36. The summed E-state index contributed by atoms with van der Waals surface area (Å²) in [6, 6.07) is 5.44. The molecule has 5 heteroatoms. The van der Waals surface area contributed by atoms with E-state index in [0.29, 0.717) is 17.1 Å². The number of amides is 1. The Morgan fingerprint density at radius 1 is 1.37 bits per heavy atom. The van der Waals surface area contributed by atoms with Crippen LogP contribution in [0.4, 0.5) is 0 Å². The first kappa shape index (κ1) is 10.8. The molecule has 2 aliphatic heterocycles. The number of aromatic nitrogens is 2. The van der Waals surface area contributed by atoms with Crippen molar-refractivity contribution in [3.05, 3.63) is 59.2 Å². The Morgan fingerprint density at radius 2 is 2.26 bits per heavy atom. The molecule has 3 heterocycles. The molecule has 4 nitrogen and oxygen atoms in total. The Balaban J connectivity index is 2.08. The molecule has 1 atom stereocenters. The van der Waals surface area contributed by atoms with Crippen LogP contribution in [0.2, 0.25) is 5.02 Å². The maximum atomic E-state index is 12.7. The van der Waals surface area contributed by atoms with Crippen molar-refractivity contribution < 1.29 is 4.79 Å². The zero-order valence-corrected chi connectivity index (χ0v) is 10.7. The van der Waals surface area contributed by atoms with E-state index in [9.17, 15) is 4.79 Å². The number of halogens is 1. The van der Waals surface area contributed by atoms with Gasteiger partial charge in [0.15, 0.2) is 0 Å². The summed E-state index contributed by atoms with van der Waals surface area (Å²) in [5.74, 6) is -0.0284. The molecule has 0 saturated carbocycles. The van der Waals surface area contributed by atoms with Crippen LogP contribution in [0, 0.1) is 0 Å². The maximum absolute atomic E-state index is 12.7. The SMILES string of the molecule is O=C1c2c(Cl)cccc2-n2cncc2[C@H]2C=CCN12. The van der Waals surface area contributed by atoms with Gasteiger partial charge >= 0.3 is 0 Å². The Hall–Kier alpha value is -2.07. The van der Waals surface area contributed by atoms with Crippen molar-refractivity contribution in [1.82, 2.24) is 14.5 Å². The first-order chi connectivity index (χ1) is 9.27. The number of hydrogen-bond acceptors (Lipinski definition) is 2. The fraction of sp³-hybridized carbons (Fsp3) is 0.143. The molecule has 0 aliphatic carbocycles. The van der Waals surface area contributed by atoms with Crippen LogP contribution in [-0.4, -0.2) is 26.9 Å². The van der Waals surface area contributed by atoms with Crippen LogP contribution >= 0.6 is 11.6 Å². The summed E-state index contributed by atoms with van der Waals surface area (Å²) in [4.78, 5) is 18.7. The van der Waals surface area contributed by atoms with Crippen LogP contribution in [0.25, 0.3) is 5.69 Å². The number of rotatable bonds is 0. The summed E-state index contributed by atoms with van der Waals surface area (Å²) in [5.41, 5.74) is 2.34. The van der Waals surface area contributed by atoms with Gasteiger partial charge in [0.2, 0.25) is 0 Å². The second-order valence-electron chi connectivity index (χ2n) is 4.65. The Bertz CT molecular complexity index is 719. The summed E-state index contributed by atoms with van der Waals surface area (Å²) in [5, 5.41) is 0.481. The lowest BCUT2D eigenvalue weighted by molar-refractivity contribution is 0.0752. The van der Waals surface area contributed by atoms with Crippen molar-refractivity contribution >= 4 is 17.5 Å². The molecule has 19 heavy (non-hydrogen) atoms. The van der Waals surface area contributed by atoms with Gasteiger partial charge < -0.3 is 4.90 Å². The number of fused-ring (bicyclic) bond motifs is 5. The summed E-state index contributed by atoms with van der Waals surface area (Å²) < 4.78 is 1.94. The molecule has 0 N–H and O–H groups in total. The lowest BCUT2D eigenvalue weighted by Gasteiger charge is -2.21. The number of benzene rings is 1. The van der Waals surface area contributed by atoms with E-state index in [-0.39, 0.29) is 11.9 Å². The third-order valence-corrected chi connectivity index (χ3v) is 3.97. The molecule has 0 saturated heterocycles. The van der Waals surface area contributed by atoms with Gasteiger partial charge in [-0.2, -0.15) is 0 Å². The molecule has 4 rings (SSSR count). The Morgan fingerprint density at radius 3 is 3.16 bits per heavy atom. The summed E-state index contributed by atoms with van der Waals surface area (Å²) in [6.45, 7) is 0.610. The smallest absolute Gasteiger partial charge is 0.258 e. The third-order valence-electron chi connectivity index (χ3n) is 3.65. The maximum Gasteiger partial charge on any atom is 0.258 e. The van der Waals surface area contributed by atoms with Crippen LogP contribution in [0.1, 0.15) is 22.1 Å². The molecule has 2 aromatic rings. The summed E-state index contributed by atoms with van der Waals surface area (Å²) in [7, 11) is 0. The zero-order valence-electron chi connectivity index (χ0n) is 9.95. The number of hydrogen-bond donors (Lipinski definition) is 0. The van der Waals surface area contributed by atoms with Crippen LogP contribution in [0.15, 0.2) is 42.9 Å². The van der Waals surface area contributed by atoms with Crippen LogP contribution in [0.5, 0.6) is 0 Å². The number of carbonyl (C=O) groups excluding carboxylic acids is 1. The van der Waals surface area contributed by atoms with Crippen molar-refractivity contribution in [3.63, 3.8) is 0 Å². The highest BCUT2D eigenvalue weighted by molar-refractivity contribution is 6.34. The molecule has 1 amide bonds. The van der Waals surface area contributed by atoms with Crippen molar-refractivity contribution in [1.29, 1.82) is 0 Å². The van der Waals surface area contributed by atoms with Crippen molar-refractivity contribution in [2.75, 3.05) is 6.54 Å². The standard InChI is InChI=1S/C14H10ClN3O/c15-9-3-1-4-11-13(9)14(19)17-6-2-5-10(17)12-7-16-8-18(11)12/h1-5,7-8,10H,6H2/t10-/m1/s1. The van der Waals surface area contributed by atoms with Crippen molar-refractivity contribution in [2.45, 2.75) is 6.04 Å². The van der Waals surface area contributed by atoms with E-state index < -0.39 is 0 Å². The van der Waals surface area contributed by atoms with E-state index in [1.807, 2.05) is 33.8 Å². The first-order valence-corrected chi connectivity index (χ1v) is 6.44. The predicted octanol–water partition coefficient (Wildman–Crippen LogP) is 2.59. The largest absolute Gasteiger partial charge is 0.323 e. The van der Waals surface area contributed by atoms with E-state index in [0.717, 1.165) is 11.4 Å². The van der Waals surface area contributed by atoms with Crippen LogP contribution in [0.3, 0.4) is 0 Å². The molecule has 1 aromatic heterocycles. The second-order valence-corrected chi connectivity index (χ2v) is 5.06. The average molecular weight is 272 g/mol. The quantitative estimate of drug-likeness (QED) is 0.691. The van der Waals surface area contributed by atoms with Gasteiger partial charge in [-0.1, -0.05) is 29.8 Å². The minimum atomic E-state index is -0.0570. The highest BCUT2D eigenvalue weighted by Gasteiger charge is 2.35. The fourth-order valence-corrected chi connectivity index (χ4v) is 3.03. The van der Waals surface area contributed by atoms with Gasteiger partial charge in [0.25, 0.3) is 5.91 Å². The predicted molar refractivity (Wildman–Crippen MR) is 71.5 cm³/mol. The number of nitrogens with zero attached hydrogens (tertiary/aromatic N) is 3. The van der Waals surface area contributed by atoms with Crippen LogP contribution in [-0.2, 0) is 0 Å². The van der Waals surface area contributed by atoms with Gasteiger partial charge in [0, 0.05) is 6.54 Å². The van der Waals surface area contributed by atoms with E-state index >= 15 is 0 Å². The summed E-state index contributed by atoms with van der Waals surface area (Å²) in [6.07, 6.45) is 7.57. The monoisotopic (exact) mass is 271 g/mol. The van der Waals surface area contributed by atoms with Gasteiger partial charge in [-0.15, -0.1) is 0 Å². The third kappa shape index (κ3) is 1.35. The summed E-state index contributed by atoms with van der Waals surface area (Å²) >= 11 is 6.23. The van der Waals surface area contributed by atoms with Crippen molar-refractivity contribution in [3.8, 4) is 5.69 Å². The van der Waals surface area contributed by atoms with Gasteiger partial charge in [-0.05, 0) is 12.1 Å². The minimum absolute atomic E-state index is 0.0284. The van der Waals surface area contributed by atoms with Crippen molar-refractivity contribution in [2.24, 2.45) is 0 Å². The first-order valence-electron chi connectivity index (χ1n) is 6.06. The Kier molecular flexibility index (Phi) is 2.11. The highest BCUT2D eigenvalue weighted by atomic mass is 35.5. The molecule has 94 valence electrons. The Labute approximate surface area is 114 Å². The van der Waals surface area contributed by atoms with E-state index in [2.05, 4.69) is 4.98 Å². The topological polar surface area (TPSA) is 38.1 Å². The molecule has 0 radical (unpaired) electrons. The molecule has 0 fully saturated rings. The van der Waals surface area contributed by atoms with Gasteiger partial charge in [-0.25, -0.2) is 4.98 Å². The second kappa shape index (κ2) is 3.71. The lowest BCUT2D eigenvalue weighted by Crippen LogP contribution is -2.30. The molecule has 0 unspecified atom stereocenters. The van der Waals surface area contributed by atoms with Gasteiger partial charge in [0.05, 0.1) is 40.5 Å². The molecular formula is C14H10ClN3O. The zero-order chi connectivity index (χ0) is 13.0. The molecule has 1 aromatic carbocycles. The number of carbonyl (C=O) groups is 1. The van der Waals surface area contributed by atoms with E-state index in [1.165, 1.54) is 0 Å². The normalized spacial score (nSPS) is 19.9. The molecular weight excluding hydrogens is 262 g/mol. The molecule has 0 bridgehead atoms. The lowest BCUT2D eigenvalue weighted by atomic mass is 10.1.